The Morgan fingerprint density at radius 1 is 1.17 bits per heavy atom. The molecule has 0 aliphatic carbocycles. The molecule has 1 saturated heterocycles. The van der Waals surface area contributed by atoms with E-state index >= 15 is 0 Å². The molecule has 2 heterocycles. The lowest BCUT2D eigenvalue weighted by Gasteiger charge is -2.18. The van der Waals surface area contributed by atoms with Crippen LogP contribution >= 0.6 is 23.1 Å². The van der Waals surface area contributed by atoms with E-state index in [4.69, 9.17) is 0 Å². The lowest BCUT2D eigenvalue weighted by Crippen LogP contribution is -2.28. The van der Waals surface area contributed by atoms with Gasteiger partial charge in [0.2, 0.25) is 16.9 Å². The summed E-state index contributed by atoms with van der Waals surface area (Å²) >= 11 is 3.04. The standard InChI is InChI=1S/C22H22N4O2S2/c1-14-8-15(2)10-17(9-14)26-12-16(11-20(26)27)21(28)23-22-25-24-19(30-22)13-29-18-6-4-3-5-7-18/h3-10,16H,11-13H2,1-2H3,(H,23,25,28). The molecule has 0 saturated carbocycles. The summed E-state index contributed by atoms with van der Waals surface area (Å²) in [5.74, 6) is 0.0790. The van der Waals surface area contributed by atoms with Crippen LogP contribution in [-0.4, -0.2) is 28.6 Å². The molecule has 2 amide bonds. The maximum Gasteiger partial charge on any atom is 0.231 e. The quantitative estimate of drug-likeness (QED) is 0.576. The number of carbonyl (C=O) groups excluding carboxylic acids is 2. The van der Waals surface area contributed by atoms with E-state index in [0.29, 0.717) is 17.4 Å². The van der Waals surface area contributed by atoms with Crippen LogP contribution in [-0.2, 0) is 15.3 Å². The van der Waals surface area contributed by atoms with Crippen LogP contribution in [0.1, 0.15) is 22.6 Å². The van der Waals surface area contributed by atoms with E-state index in [-0.39, 0.29) is 18.2 Å². The predicted octanol–water partition coefficient (Wildman–Crippen LogP) is 4.44. The number of benzene rings is 2. The van der Waals surface area contributed by atoms with Gasteiger partial charge in [0.05, 0.1) is 11.7 Å². The second kappa shape index (κ2) is 8.97. The Bertz CT molecular complexity index is 1050. The number of aromatic nitrogens is 2. The Morgan fingerprint density at radius 3 is 2.63 bits per heavy atom. The third-order valence-corrected chi connectivity index (χ3v) is 6.86. The highest BCUT2D eigenvalue weighted by Crippen LogP contribution is 2.29. The summed E-state index contributed by atoms with van der Waals surface area (Å²) in [6, 6.07) is 16.1. The van der Waals surface area contributed by atoms with Gasteiger partial charge in [-0.15, -0.1) is 22.0 Å². The second-order valence-corrected chi connectivity index (χ2v) is 9.45. The van der Waals surface area contributed by atoms with Crippen LogP contribution < -0.4 is 10.2 Å². The maximum atomic E-state index is 12.7. The zero-order chi connectivity index (χ0) is 21.1. The Balaban J connectivity index is 1.35. The van der Waals surface area contributed by atoms with Gasteiger partial charge < -0.3 is 10.2 Å². The fourth-order valence-corrected chi connectivity index (χ4v) is 5.12. The van der Waals surface area contributed by atoms with Crippen molar-refractivity contribution >= 4 is 45.7 Å². The van der Waals surface area contributed by atoms with E-state index in [1.54, 1.807) is 16.7 Å². The summed E-state index contributed by atoms with van der Waals surface area (Å²) in [7, 11) is 0. The highest BCUT2D eigenvalue weighted by molar-refractivity contribution is 7.98. The largest absolute Gasteiger partial charge is 0.312 e. The van der Waals surface area contributed by atoms with Crippen LogP contribution in [0.4, 0.5) is 10.8 Å². The molecule has 1 aliphatic heterocycles. The van der Waals surface area contributed by atoms with E-state index < -0.39 is 5.92 Å². The molecule has 0 bridgehead atoms. The van der Waals surface area contributed by atoms with E-state index in [2.05, 4.69) is 21.6 Å². The molecule has 3 aromatic rings. The smallest absolute Gasteiger partial charge is 0.231 e. The van der Waals surface area contributed by atoms with E-state index in [9.17, 15) is 9.59 Å². The van der Waals surface area contributed by atoms with Gasteiger partial charge in [-0.25, -0.2) is 0 Å². The molecule has 1 aromatic heterocycles. The number of rotatable bonds is 6. The first-order valence-electron chi connectivity index (χ1n) is 9.67. The third-order valence-electron chi connectivity index (χ3n) is 4.82. The van der Waals surface area contributed by atoms with Crippen molar-refractivity contribution in [1.29, 1.82) is 0 Å². The van der Waals surface area contributed by atoms with Gasteiger partial charge in [-0.3, -0.25) is 9.59 Å². The number of carbonyl (C=O) groups is 2. The van der Waals surface area contributed by atoms with Gasteiger partial charge in [-0.2, -0.15) is 0 Å². The zero-order valence-electron chi connectivity index (χ0n) is 16.8. The fraction of sp³-hybridized carbons (Fsp3) is 0.273. The predicted molar refractivity (Wildman–Crippen MR) is 121 cm³/mol. The topological polar surface area (TPSA) is 75.2 Å². The first-order chi connectivity index (χ1) is 14.5. The van der Waals surface area contributed by atoms with Crippen molar-refractivity contribution in [3.05, 3.63) is 64.7 Å². The monoisotopic (exact) mass is 438 g/mol. The average molecular weight is 439 g/mol. The van der Waals surface area contributed by atoms with Crippen molar-refractivity contribution in [2.45, 2.75) is 30.9 Å². The van der Waals surface area contributed by atoms with Crippen molar-refractivity contribution in [3.8, 4) is 0 Å². The Hall–Kier alpha value is -2.71. The van der Waals surface area contributed by atoms with Gasteiger partial charge >= 0.3 is 0 Å². The number of hydrogen-bond acceptors (Lipinski definition) is 6. The Kier molecular flexibility index (Phi) is 6.15. The molecule has 1 atom stereocenters. The molecule has 1 fully saturated rings. The van der Waals surface area contributed by atoms with Crippen LogP contribution in [0.5, 0.6) is 0 Å². The van der Waals surface area contributed by atoms with Crippen molar-refractivity contribution < 1.29 is 9.59 Å². The molecule has 1 unspecified atom stereocenters. The minimum Gasteiger partial charge on any atom is -0.312 e. The molecule has 154 valence electrons. The molecule has 2 aromatic carbocycles. The van der Waals surface area contributed by atoms with Crippen molar-refractivity contribution in [1.82, 2.24) is 10.2 Å². The molecular weight excluding hydrogens is 416 g/mol. The summed E-state index contributed by atoms with van der Waals surface area (Å²) in [6.45, 7) is 4.39. The molecule has 0 spiro atoms. The van der Waals surface area contributed by atoms with Crippen molar-refractivity contribution in [2.24, 2.45) is 5.92 Å². The highest BCUT2D eigenvalue weighted by atomic mass is 32.2. The van der Waals surface area contributed by atoms with Gasteiger partial charge in [0, 0.05) is 23.5 Å². The first kappa shape index (κ1) is 20.6. The van der Waals surface area contributed by atoms with Gasteiger partial charge in [-0.1, -0.05) is 35.6 Å². The molecular formula is C22H22N4O2S2. The first-order valence-corrected chi connectivity index (χ1v) is 11.5. The minimum absolute atomic E-state index is 0.0302. The number of hydrogen-bond donors (Lipinski definition) is 1. The SMILES string of the molecule is Cc1cc(C)cc(N2CC(C(=O)Nc3nnc(CSc4ccccc4)s3)CC2=O)c1. The molecule has 1 aliphatic rings. The minimum atomic E-state index is -0.399. The van der Waals surface area contributed by atoms with Crippen molar-refractivity contribution in [3.63, 3.8) is 0 Å². The zero-order valence-corrected chi connectivity index (χ0v) is 18.4. The summed E-state index contributed by atoms with van der Waals surface area (Å²) in [6.07, 6.45) is 0.203. The van der Waals surface area contributed by atoms with Crippen LogP contribution in [0.3, 0.4) is 0 Å². The normalized spacial score (nSPS) is 16.1. The van der Waals surface area contributed by atoms with Gasteiger partial charge in [0.15, 0.2) is 0 Å². The number of nitrogens with zero attached hydrogens (tertiary/aromatic N) is 3. The second-order valence-electron chi connectivity index (χ2n) is 7.34. The molecule has 1 N–H and O–H groups in total. The summed E-state index contributed by atoms with van der Waals surface area (Å²) in [5.41, 5.74) is 3.05. The van der Waals surface area contributed by atoms with E-state index in [1.807, 2.05) is 56.3 Å². The average Bonchev–Trinajstić information content (AvgIpc) is 3.33. The van der Waals surface area contributed by atoms with Crippen LogP contribution in [0.2, 0.25) is 0 Å². The number of aryl methyl sites for hydroxylation is 2. The number of thioether (sulfide) groups is 1. The number of amides is 2. The van der Waals surface area contributed by atoms with Gasteiger partial charge in [0.25, 0.3) is 0 Å². The van der Waals surface area contributed by atoms with E-state index in [0.717, 1.165) is 26.7 Å². The van der Waals surface area contributed by atoms with Crippen LogP contribution in [0.15, 0.2) is 53.4 Å². The Morgan fingerprint density at radius 2 is 1.90 bits per heavy atom. The van der Waals surface area contributed by atoms with Crippen molar-refractivity contribution in [2.75, 3.05) is 16.8 Å². The number of nitrogens with one attached hydrogen (secondary N) is 1. The number of anilines is 2. The summed E-state index contributed by atoms with van der Waals surface area (Å²) < 4.78 is 0. The molecule has 6 nitrogen and oxygen atoms in total. The summed E-state index contributed by atoms with van der Waals surface area (Å²) in [5, 5.41) is 12.4. The van der Waals surface area contributed by atoms with Crippen LogP contribution in [0.25, 0.3) is 0 Å². The van der Waals surface area contributed by atoms with Crippen LogP contribution in [0, 0.1) is 19.8 Å². The van der Waals surface area contributed by atoms with E-state index in [1.165, 1.54) is 11.3 Å². The fourth-order valence-electron chi connectivity index (χ4n) is 3.47. The molecule has 4 rings (SSSR count). The lowest BCUT2D eigenvalue weighted by molar-refractivity contribution is -0.122. The maximum absolute atomic E-state index is 12.7. The molecule has 30 heavy (non-hydrogen) atoms. The highest BCUT2D eigenvalue weighted by Gasteiger charge is 2.35. The lowest BCUT2D eigenvalue weighted by atomic mass is 10.1. The molecule has 0 radical (unpaired) electrons. The van der Waals surface area contributed by atoms with Gasteiger partial charge in [0.1, 0.15) is 5.01 Å². The summed E-state index contributed by atoms with van der Waals surface area (Å²) in [4.78, 5) is 28.1. The third kappa shape index (κ3) is 4.88. The van der Waals surface area contributed by atoms with Gasteiger partial charge in [-0.05, 0) is 49.2 Å². The molecule has 8 heteroatoms. The Labute approximate surface area is 183 Å².